The summed E-state index contributed by atoms with van der Waals surface area (Å²) in [5.41, 5.74) is 6.34. The monoisotopic (exact) mass is 177 g/mol. The molecule has 0 amide bonds. The molecule has 5 nitrogen and oxygen atoms in total. The van der Waals surface area contributed by atoms with Gasteiger partial charge in [0.25, 0.3) is 5.69 Å². The number of nitrogen functional groups attached to an aromatic ring is 1. The minimum atomic E-state index is -0.521. The fourth-order valence-electron chi connectivity index (χ4n) is 0.942. The van der Waals surface area contributed by atoms with Crippen LogP contribution in [-0.4, -0.2) is 4.92 Å². The first kappa shape index (κ1) is 9.00. The predicted octanol–water partition coefficient (Wildman–Crippen LogP) is 1.24. The lowest BCUT2D eigenvalue weighted by Crippen LogP contribution is -1.95. The lowest BCUT2D eigenvalue weighted by atomic mass is 10.1. The average Bonchev–Trinajstić information content (AvgIpc) is 2.08. The van der Waals surface area contributed by atoms with Crippen LogP contribution in [0.25, 0.3) is 0 Å². The highest BCUT2D eigenvalue weighted by molar-refractivity contribution is 5.54. The number of benzene rings is 1. The molecule has 66 valence electrons. The minimum absolute atomic E-state index is 0.0563. The van der Waals surface area contributed by atoms with Crippen molar-refractivity contribution in [3.05, 3.63) is 33.9 Å². The Morgan fingerprint density at radius 2 is 2.31 bits per heavy atom. The van der Waals surface area contributed by atoms with E-state index in [1.54, 1.807) is 0 Å². The Hall–Kier alpha value is -2.09. The maximum absolute atomic E-state index is 10.3. The normalized spacial score (nSPS) is 9.15. The molecule has 1 aromatic carbocycles. The summed E-state index contributed by atoms with van der Waals surface area (Å²) in [5, 5.41) is 18.7. The number of nitro benzene ring substituents is 1. The van der Waals surface area contributed by atoms with Crippen molar-refractivity contribution in [1.29, 1.82) is 5.26 Å². The molecular formula is C8H7N3O2. The predicted molar refractivity (Wildman–Crippen MR) is 46.8 cm³/mol. The first-order valence-corrected chi connectivity index (χ1v) is 3.55. The molecule has 0 bridgehead atoms. The molecule has 1 aromatic rings. The third-order valence-electron chi connectivity index (χ3n) is 1.61. The molecule has 0 atom stereocenters. The summed E-state index contributed by atoms with van der Waals surface area (Å²) < 4.78 is 0. The van der Waals surface area contributed by atoms with E-state index in [1.807, 2.05) is 6.07 Å². The largest absolute Gasteiger partial charge is 0.398 e. The number of nitriles is 1. The quantitative estimate of drug-likeness (QED) is 0.417. The Morgan fingerprint density at radius 1 is 1.62 bits per heavy atom. The van der Waals surface area contributed by atoms with Gasteiger partial charge in [0.2, 0.25) is 0 Å². The van der Waals surface area contributed by atoms with Gasteiger partial charge < -0.3 is 5.73 Å². The fourth-order valence-corrected chi connectivity index (χ4v) is 0.942. The van der Waals surface area contributed by atoms with Gasteiger partial charge in [0.05, 0.1) is 17.4 Å². The van der Waals surface area contributed by atoms with Crippen molar-refractivity contribution < 1.29 is 4.92 Å². The van der Waals surface area contributed by atoms with Gasteiger partial charge in [-0.1, -0.05) is 0 Å². The van der Waals surface area contributed by atoms with E-state index >= 15 is 0 Å². The standard InChI is InChI=1S/C8H7N3O2/c9-4-3-6-1-2-7(11(12)13)5-8(6)10/h1-2,5H,3,10H2. The van der Waals surface area contributed by atoms with Crippen molar-refractivity contribution in [3.8, 4) is 6.07 Å². The van der Waals surface area contributed by atoms with E-state index < -0.39 is 4.92 Å². The Labute approximate surface area is 74.5 Å². The summed E-state index contributed by atoms with van der Waals surface area (Å²) in [6.45, 7) is 0. The van der Waals surface area contributed by atoms with Gasteiger partial charge in [-0.3, -0.25) is 10.1 Å². The molecule has 0 unspecified atom stereocenters. The number of anilines is 1. The molecule has 0 saturated heterocycles. The number of rotatable bonds is 2. The van der Waals surface area contributed by atoms with Crippen molar-refractivity contribution in [2.45, 2.75) is 6.42 Å². The van der Waals surface area contributed by atoms with E-state index in [-0.39, 0.29) is 17.8 Å². The van der Waals surface area contributed by atoms with Crippen LogP contribution in [0.3, 0.4) is 0 Å². The lowest BCUT2D eigenvalue weighted by molar-refractivity contribution is -0.384. The number of nitrogens with two attached hydrogens (primary N) is 1. The van der Waals surface area contributed by atoms with E-state index in [9.17, 15) is 10.1 Å². The van der Waals surface area contributed by atoms with Crippen LogP contribution in [0, 0.1) is 21.4 Å². The topological polar surface area (TPSA) is 92.9 Å². The van der Waals surface area contributed by atoms with Crippen LogP contribution >= 0.6 is 0 Å². The third-order valence-corrected chi connectivity index (χ3v) is 1.61. The van der Waals surface area contributed by atoms with Gasteiger partial charge in [-0.05, 0) is 11.6 Å². The van der Waals surface area contributed by atoms with E-state index in [1.165, 1.54) is 18.2 Å². The Bertz CT molecular complexity index is 381. The summed E-state index contributed by atoms with van der Waals surface area (Å²) >= 11 is 0. The zero-order valence-corrected chi connectivity index (χ0v) is 6.73. The van der Waals surface area contributed by atoms with E-state index in [2.05, 4.69) is 0 Å². The summed E-state index contributed by atoms with van der Waals surface area (Å²) in [6, 6.07) is 6.01. The van der Waals surface area contributed by atoms with Crippen molar-refractivity contribution in [2.24, 2.45) is 0 Å². The van der Waals surface area contributed by atoms with Crippen LogP contribution in [0.4, 0.5) is 11.4 Å². The fraction of sp³-hybridized carbons (Fsp3) is 0.125. The Balaban J connectivity index is 3.07. The maximum atomic E-state index is 10.3. The second kappa shape index (κ2) is 3.54. The third kappa shape index (κ3) is 1.93. The highest BCUT2D eigenvalue weighted by atomic mass is 16.6. The molecule has 0 radical (unpaired) electrons. The van der Waals surface area contributed by atoms with Crippen LogP contribution in [0.2, 0.25) is 0 Å². The van der Waals surface area contributed by atoms with E-state index in [0.29, 0.717) is 5.56 Å². The van der Waals surface area contributed by atoms with Gasteiger partial charge in [0.1, 0.15) is 0 Å². The molecule has 0 fully saturated rings. The molecule has 1 rings (SSSR count). The summed E-state index contributed by atoms with van der Waals surface area (Å²) in [6.07, 6.45) is 0.170. The highest BCUT2D eigenvalue weighted by Crippen LogP contribution is 2.19. The SMILES string of the molecule is N#CCc1ccc([N+](=O)[O-])cc1N. The van der Waals surface area contributed by atoms with Crippen LogP contribution < -0.4 is 5.73 Å². The minimum Gasteiger partial charge on any atom is -0.398 e. The Kier molecular flexibility index (Phi) is 2.45. The smallest absolute Gasteiger partial charge is 0.271 e. The van der Waals surface area contributed by atoms with Gasteiger partial charge in [0, 0.05) is 17.8 Å². The molecule has 2 N–H and O–H groups in total. The van der Waals surface area contributed by atoms with Crippen molar-refractivity contribution >= 4 is 11.4 Å². The Morgan fingerprint density at radius 3 is 2.77 bits per heavy atom. The van der Waals surface area contributed by atoms with Gasteiger partial charge >= 0.3 is 0 Å². The van der Waals surface area contributed by atoms with Crippen molar-refractivity contribution in [2.75, 3.05) is 5.73 Å². The molecule has 0 aliphatic heterocycles. The van der Waals surface area contributed by atoms with Crippen LogP contribution in [0.5, 0.6) is 0 Å². The molecule has 5 heteroatoms. The lowest BCUT2D eigenvalue weighted by Gasteiger charge is -1.99. The number of nitro groups is 1. The number of nitrogens with zero attached hydrogens (tertiary/aromatic N) is 2. The van der Waals surface area contributed by atoms with E-state index in [4.69, 9.17) is 11.0 Å². The van der Waals surface area contributed by atoms with Crippen molar-refractivity contribution in [3.63, 3.8) is 0 Å². The van der Waals surface area contributed by atoms with Crippen LogP contribution in [0.15, 0.2) is 18.2 Å². The molecule has 0 aliphatic rings. The van der Waals surface area contributed by atoms with E-state index in [0.717, 1.165) is 0 Å². The second-order valence-corrected chi connectivity index (χ2v) is 2.48. The average molecular weight is 177 g/mol. The first-order valence-electron chi connectivity index (χ1n) is 3.55. The molecule has 0 saturated carbocycles. The molecule has 0 spiro atoms. The molecular weight excluding hydrogens is 170 g/mol. The molecule has 0 heterocycles. The molecule has 0 aliphatic carbocycles. The van der Waals surface area contributed by atoms with Crippen LogP contribution in [-0.2, 0) is 6.42 Å². The zero-order valence-electron chi connectivity index (χ0n) is 6.73. The number of hydrogen-bond acceptors (Lipinski definition) is 4. The summed E-state index contributed by atoms with van der Waals surface area (Å²) in [5.74, 6) is 0. The van der Waals surface area contributed by atoms with Gasteiger partial charge in [-0.15, -0.1) is 0 Å². The van der Waals surface area contributed by atoms with Crippen molar-refractivity contribution in [1.82, 2.24) is 0 Å². The second-order valence-electron chi connectivity index (χ2n) is 2.48. The zero-order chi connectivity index (χ0) is 9.84. The van der Waals surface area contributed by atoms with Gasteiger partial charge in [-0.2, -0.15) is 5.26 Å². The summed E-state index contributed by atoms with van der Waals surface area (Å²) in [4.78, 5) is 9.79. The first-order chi connectivity index (χ1) is 6.15. The van der Waals surface area contributed by atoms with Crippen LogP contribution in [0.1, 0.15) is 5.56 Å². The number of non-ortho nitro benzene ring substituents is 1. The molecule has 13 heavy (non-hydrogen) atoms. The number of hydrogen-bond donors (Lipinski definition) is 1. The highest BCUT2D eigenvalue weighted by Gasteiger charge is 2.07. The van der Waals surface area contributed by atoms with Gasteiger partial charge in [-0.25, -0.2) is 0 Å². The molecule has 0 aromatic heterocycles. The van der Waals surface area contributed by atoms with Gasteiger partial charge in [0.15, 0.2) is 0 Å². The summed E-state index contributed by atoms with van der Waals surface area (Å²) in [7, 11) is 0. The maximum Gasteiger partial charge on any atom is 0.271 e.